The van der Waals surface area contributed by atoms with E-state index < -0.39 is 0 Å². The van der Waals surface area contributed by atoms with Crippen molar-refractivity contribution < 1.29 is 9.53 Å². The molecule has 0 aliphatic rings. The fraction of sp³-hybridized carbons (Fsp3) is 0.214. The van der Waals surface area contributed by atoms with Gasteiger partial charge in [0.05, 0.1) is 0 Å². The zero-order valence-electron chi connectivity index (χ0n) is 9.57. The molecule has 0 unspecified atom stereocenters. The molecule has 2 rings (SSSR count). The van der Waals surface area contributed by atoms with Gasteiger partial charge in [-0.2, -0.15) is 0 Å². The fourth-order valence-electron chi connectivity index (χ4n) is 1.87. The number of hydrogen-bond acceptors (Lipinski definition) is 2. The van der Waals surface area contributed by atoms with Crippen LogP contribution in [0, 0.1) is 0 Å². The summed E-state index contributed by atoms with van der Waals surface area (Å²) in [6, 6.07) is 11.7. The summed E-state index contributed by atoms with van der Waals surface area (Å²) in [6.45, 7) is 1.40. The maximum atomic E-state index is 10.9. The van der Waals surface area contributed by atoms with Gasteiger partial charge in [0.2, 0.25) is 0 Å². The molecule has 0 amide bonds. The first-order valence-corrected chi connectivity index (χ1v) is 6.00. The smallest absolute Gasteiger partial charge is 0.308 e. The Kier molecular flexibility index (Phi) is 3.64. The van der Waals surface area contributed by atoms with Crippen LogP contribution in [0.1, 0.15) is 12.5 Å². The lowest BCUT2D eigenvalue weighted by atomic mass is 10.0. The summed E-state index contributed by atoms with van der Waals surface area (Å²) in [5.41, 5.74) is 1.17. The number of benzene rings is 2. The van der Waals surface area contributed by atoms with Gasteiger partial charge in [-0.1, -0.05) is 24.3 Å². The van der Waals surface area contributed by atoms with Crippen molar-refractivity contribution in [3.8, 4) is 5.75 Å². The van der Waals surface area contributed by atoms with Crippen LogP contribution in [0.4, 0.5) is 0 Å². The highest BCUT2D eigenvalue weighted by Crippen LogP contribution is 2.24. The van der Waals surface area contributed by atoms with Gasteiger partial charge in [-0.15, -0.1) is 11.6 Å². The van der Waals surface area contributed by atoms with E-state index in [1.807, 2.05) is 30.3 Å². The van der Waals surface area contributed by atoms with Crippen molar-refractivity contribution in [1.29, 1.82) is 0 Å². The van der Waals surface area contributed by atoms with E-state index in [2.05, 4.69) is 0 Å². The molecule has 0 aliphatic heterocycles. The average molecular weight is 249 g/mol. The van der Waals surface area contributed by atoms with Crippen molar-refractivity contribution in [2.24, 2.45) is 0 Å². The molecule has 2 nitrogen and oxygen atoms in total. The van der Waals surface area contributed by atoms with Crippen LogP contribution in [-0.2, 0) is 11.2 Å². The predicted octanol–water partition coefficient (Wildman–Crippen LogP) is 3.55. The Labute approximate surface area is 105 Å². The Hall–Kier alpha value is -1.54. The number of carbonyl (C=O) groups excluding carboxylic acids is 1. The predicted molar refractivity (Wildman–Crippen MR) is 69.7 cm³/mol. The number of hydrogen-bond donors (Lipinski definition) is 0. The normalized spacial score (nSPS) is 10.5. The zero-order chi connectivity index (χ0) is 12.3. The Bertz CT molecular complexity index is 549. The van der Waals surface area contributed by atoms with E-state index in [0.717, 1.165) is 17.2 Å². The van der Waals surface area contributed by atoms with Crippen molar-refractivity contribution in [2.45, 2.75) is 13.3 Å². The van der Waals surface area contributed by atoms with Gasteiger partial charge in [0, 0.05) is 12.8 Å². The minimum Gasteiger partial charge on any atom is -0.427 e. The molecule has 0 spiro atoms. The molecule has 2 aromatic rings. The quantitative estimate of drug-likeness (QED) is 0.472. The second kappa shape index (κ2) is 5.19. The van der Waals surface area contributed by atoms with Crippen molar-refractivity contribution >= 4 is 28.3 Å². The first-order valence-electron chi connectivity index (χ1n) is 5.47. The highest BCUT2D eigenvalue weighted by Gasteiger charge is 2.04. The Balaban J connectivity index is 2.49. The molecule has 0 saturated carbocycles. The summed E-state index contributed by atoms with van der Waals surface area (Å²) in [7, 11) is 0. The SMILES string of the molecule is CC(=O)Oc1ccc2cccc(CCCl)c2c1. The maximum Gasteiger partial charge on any atom is 0.308 e. The number of carbonyl (C=O) groups is 1. The van der Waals surface area contributed by atoms with E-state index in [4.69, 9.17) is 16.3 Å². The largest absolute Gasteiger partial charge is 0.427 e. The highest BCUT2D eigenvalue weighted by atomic mass is 35.5. The monoisotopic (exact) mass is 248 g/mol. The lowest BCUT2D eigenvalue weighted by Crippen LogP contribution is -2.01. The number of fused-ring (bicyclic) bond motifs is 1. The van der Waals surface area contributed by atoms with Gasteiger partial charge in [0.1, 0.15) is 5.75 Å². The van der Waals surface area contributed by atoms with Crippen LogP contribution in [-0.4, -0.2) is 11.8 Å². The highest BCUT2D eigenvalue weighted by molar-refractivity contribution is 6.18. The third-order valence-corrected chi connectivity index (χ3v) is 2.76. The number of aryl methyl sites for hydroxylation is 1. The van der Waals surface area contributed by atoms with Gasteiger partial charge >= 0.3 is 5.97 Å². The summed E-state index contributed by atoms with van der Waals surface area (Å²) >= 11 is 5.78. The molecule has 0 heterocycles. The molecule has 0 N–H and O–H groups in total. The molecule has 2 aromatic carbocycles. The fourth-order valence-corrected chi connectivity index (χ4v) is 2.07. The summed E-state index contributed by atoms with van der Waals surface area (Å²) < 4.78 is 5.08. The second-order valence-corrected chi connectivity index (χ2v) is 4.21. The molecule has 0 saturated heterocycles. The minimum atomic E-state index is -0.306. The lowest BCUT2D eigenvalue weighted by molar-refractivity contribution is -0.131. The van der Waals surface area contributed by atoms with E-state index in [9.17, 15) is 4.79 Å². The topological polar surface area (TPSA) is 26.3 Å². The van der Waals surface area contributed by atoms with Gasteiger partial charge in [0.15, 0.2) is 0 Å². The number of rotatable bonds is 3. The van der Waals surface area contributed by atoms with Crippen molar-refractivity contribution in [3.63, 3.8) is 0 Å². The molecule has 0 aromatic heterocycles. The second-order valence-electron chi connectivity index (χ2n) is 3.83. The van der Waals surface area contributed by atoms with E-state index in [-0.39, 0.29) is 5.97 Å². The summed E-state index contributed by atoms with van der Waals surface area (Å²) in [5, 5.41) is 2.22. The van der Waals surface area contributed by atoms with E-state index in [1.165, 1.54) is 12.5 Å². The number of alkyl halides is 1. The molecule has 3 heteroatoms. The number of esters is 1. The van der Waals surface area contributed by atoms with Crippen LogP contribution in [0.3, 0.4) is 0 Å². The van der Waals surface area contributed by atoms with E-state index in [1.54, 1.807) is 6.07 Å². The maximum absolute atomic E-state index is 10.9. The lowest BCUT2D eigenvalue weighted by Gasteiger charge is -2.07. The summed E-state index contributed by atoms with van der Waals surface area (Å²) in [4.78, 5) is 10.9. The third-order valence-electron chi connectivity index (χ3n) is 2.57. The van der Waals surface area contributed by atoms with Crippen LogP contribution in [0.5, 0.6) is 5.75 Å². The molecule has 0 radical (unpaired) electrons. The Morgan fingerprint density at radius 3 is 2.82 bits per heavy atom. The standard InChI is InChI=1S/C14H13ClO2/c1-10(16)17-13-6-5-11-3-2-4-12(7-8-15)14(11)9-13/h2-6,9H,7-8H2,1H3. The van der Waals surface area contributed by atoms with Crippen LogP contribution in [0.25, 0.3) is 10.8 Å². The Morgan fingerprint density at radius 1 is 1.29 bits per heavy atom. The molecular weight excluding hydrogens is 236 g/mol. The van der Waals surface area contributed by atoms with E-state index >= 15 is 0 Å². The van der Waals surface area contributed by atoms with Crippen LogP contribution in [0.15, 0.2) is 36.4 Å². The Morgan fingerprint density at radius 2 is 2.12 bits per heavy atom. The molecule has 0 fully saturated rings. The zero-order valence-corrected chi connectivity index (χ0v) is 10.3. The van der Waals surface area contributed by atoms with E-state index in [0.29, 0.717) is 11.6 Å². The number of halogens is 1. The molecule has 17 heavy (non-hydrogen) atoms. The summed E-state index contributed by atoms with van der Waals surface area (Å²) in [5.74, 6) is 0.850. The molecule has 88 valence electrons. The van der Waals surface area contributed by atoms with Crippen molar-refractivity contribution in [3.05, 3.63) is 42.0 Å². The molecule has 0 atom stereocenters. The van der Waals surface area contributed by atoms with Gasteiger partial charge in [-0.05, 0) is 34.9 Å². The molecule has 0 bridgehead atoms. The first kappa shape index (κ1) is 11.9. The third kappa shape index (κ3) is 2.77. The van der Waals surface area contributed by atoms with Gasteiger partial charge < -0.3 is 4.74 Å². The van der Waals surface area contributed by atoms with Crippen molar-refractivity contribution in [1.82, 2.24) is 0 Å². The van der Waals surface area contributed by atoms with Gasteiger partial charge in [0.25, 0.3) is 0 Å². The number of ether oxygens (including phenoxy) is 1. The average Bonchev–Trinajstić information content (AvgIpc) is 2.29. The summed E-state index contributed by atoms with van der Waals surface area (Å²) in [6.07, 6.45) is 0.808. The van der Waals surface area contributed by atoms with Gasteiger partial charge in [-0.25, -0.2) is 0 Å². The minimum absolute atomic E-state index is 0.306. The van der Waals surface area contributed by atoms with Gasteiger partial charge in [-0.3, -0.25) is 4.79 Å². The van der Waals surface area contributed by atoms with Crippen molar-refractivity contribution in [2.75, 3.05) is 5.88 Å². The van der Waals surface area contributed by atoms with Crippen LogP contribution >= 0.6 is 11.6 Å². The van der Waals surface area contributed by atoms with Crippen LogP contribution in [0.2, 0.25) is 0 Å². The molecule has 0 aliphatic carbocycles. The first-order chi connectivity index (χ1) is 8.20. The molecular formula is C14H13ClO2. The van der Waals surface area contributed by atoms with Crippen LogP contribution < -0.4 is 4.74 Å².